The van der Waals surface area contributed by atoms with Crippen LogP contribution in [0, 0.1) is 13.8 Å². The zero-order valence-electron chi connectivity index (χ0n) is 8.35. The van der Waals surface area contributed by atoms with Gasteiger partial charge in [0.1, 0.15) is 0 Å². The Morgan fingerprint density at radius 3 is 2.54 bits per heavy atom. The molecule has 0 N–H and O–H groups in total. The third-order valence-electron chi connectivity index (χ3n) is 2.58. The van der Waals surface area contributed by atoms with Crippen LogP contribution in [0.1, 0.15) is 23.6 Å². The average molecular weight is 190 g/mol. The van der Waals surface area contributed by atoms with Crippen molar-refractivity contribution in [3.63, 3.8) is 0 Å². The fourth-order valence-electron chi connectivity index (χ4n) is 1.79. The largest absolute Gasteiger partial charge is 0.143 e. The second-order valence-electron chi connectivity index (χ2n) is 3.52. The molecule has 0 bridgehead atoms. The maximum Gasteiger partial charge on any atom is 0.0377 e. The van der Waals surface area contributed by atoms with Crippen LogP contribution in [0.3, 0.4) is 0 Å². The molecule has 2 aromatic rings. The van der Waals surface area contributed by atoms with Gasteiger partial charge in [-0.3, -0.25) is 0 Å². The number of hydrogen-bond acceptors (Lipinski definition) is 1. The van der Waals surface area contributed by atoms with Crippen molar-refractivity contribution in [3.05, 3.63) is 34.2 Å². The number of hydrogen-bond donors (Lipinski definition) is 0. The van der Waals surface area contributed by atoms with Gasteiger partial charge in [0.2, 0.25) is 0 Å². The number of fused-ring (bicyclic) bond motifs is 1. The highest BCUT2D eigenvalue weighted by Crippen LogP contribution is 2.31. The van der Waals surface area contributed by atoms with Crippen LogP contribution in [-0.2, 0) is 6.42 Å². The van der Waals surface area contributed by atoms with Gasteiger partial charge >= 0.3 is 0 Å². The molecule has 0 amide bonds. The number of rotatable bonds is 1. The van der Waals surface area contributed by atoms with Crippen LogP contribution in [-0.4, -0.2) is 0 Å². The lowest BCUT2D eigenvalue weighted by Gasteiger charge is -2.01. The predicted molar refractivity (Wildman–Crippen MR) is 60.7 cm³/mol. The summed E-state index contributed by atoms with van der Waals surface area (Å²) in [6.45, 7) is 6.62. The van der Waals surface area contributed by atoms with Gasteiger partial charge < -0.3 is 0 Å². The van der Waals surface area contributed by atoms with Crippen molar-refractivity contribution in [1.82, 2.24) is 0 Å². The quantitative estimate of drug-likeness (QED) is 0.635. The zero-order valence-corrected chi connectivity index (χ0v) is 9.16. The first kappa shape index (κ1) is 8.76. The molecule has 0 spiro atoms. The van der Waals surface area contributed by atoms with Crippen molar-refractivity contribution in [3.8, 4) is 0 Å². The van der Waals surface area contributed by atoms with E-state index in [9.17, 15) is 0 Å². The summed E-state index contributed by atoms with van der Waals surface area (Å²) in [5.74, 6) is 0. The standard InChI is InChI=1S/C12H14S/c1-4-10-7-13-12-9(3)6-5-8(2)11(10)12/h5-7H,4H2,1-3H3. The Hall–Kier alpha value is -0.820. The molecule has 0 saturated carbocycles. The second kappa shape index (κ2) is 3.15. The molecule has 0 saturated heterocycles. The van der Waals surface area contributed by atoms with E-state index in [1.165, 1.54) is 26.8 Å². The fourth-order valence-corrected chi connectivity index (χ4v) is 2.99. The Bertz CT molecular complexity index is 438. The molecule has 1 heteroatoms. The van der Waals surface area contributed by atoms with Gasteiger partial charge in [-0.25, -0.2) is 0 Å². The Labute approximate surface area is 83.2 Å². The van der Waals surface area contributed by atoms with Crippen LogP contribution >= 0.6 is 11.3 Å². The summed E-state index contributed by atoms with van der Waals surface area (Å²) < 4.78 is 1.47. The van der Waals surface area contributed by atoms with E-state index in [1.807, 2.05) is 11.3 Å². The van der Waals surface area contributed by atoms with Crippen molar-refractivity contribution in [2.45, 2.75) is 27.2 Å². The minimum absolute atomic E-state index is 1.14. The van der Waals surface area contributed by atoms with Gasteiger partial charge in [0.05, 0.1) is 0 Å². The Kier molecular flexibility index (Phi) is 2.12. The van der Waals surface area contributed by atoms with Crippen LogP contribution in [0.5, 0.6) is 0 Å². The molecule has 0 unspecified atom stereocenters. The van der Waals surface area contributed by atoms with E-state index >= 15 is 0 Å². The summed E-state index contributed by atoms with van der Waals surface area (Å²) in [6.07, 6.45) is 1.14. The van der Waals surface area contributed by atoms with E-state index in [0.29, 0.717) is 0 Å². The highest BCUT2D eigenvalue weighted by atomic mass is 32.1. The van der Waals surface area contributed by atoms with Crippen molar-refractivity contribution in [1.29, 1.82) is 0 Å². The average Bonchev–Trinajstić information content (AvgIpc) is 2.56. The molecule has 13 heavy (non-hydrogen) atoms. The summed E-state index contributed by atoms with van der Waals surface area (Å²) in [5.41, 5.74) is 4.32. The summed E-state index contributed by atoms with van der Waals surface area (Å²) in [4.78, 5) is 0. The first-order chi connectivity index (χ1) is 6.24. The van der Waals surface area contributed by atoms with E-state index < -0.39 is 0 Å². The molecule has 0 aliphatic rings. The summed E-state index contributed by atoms with van der Waals surface area (Å²) in [5, 5.41) is 3.79. The van der Waals surface area contributed by atoms with Crippen molar-refractivity contribution >= 4 is 21.4 Å². The summed E-state index contributed by atoms with van der Waals surface area (Å²) >= 11 is 1.88. The molecule has 0 fully saturated rings. The molecule has 0 aliphatic heterocycles. The highest BCUT2D eigenvalue weighted by Gasteiger charge is 2.06. The molecule has 1 aromatic heterocycles. The maximum absolute atomic E-state index is 2.30. The fraction of sp³-hybridized carbons (Fsp3) is 0.333. The molecular formula is C12H14S. The van der Waals surface area contributed by atoms with Gasteiger partial charge in [-0.05, 0) is 47.7 Å². The number of aryl methyl sites for hydroxylation is 3. The Morgan fingerprint density at radius 2 is 1.85 bits per heavy atom. The molecular weight excluding hydrogens is 176 g/mol. The van der Waals surface area contributed by atoms with Crippen LogP contribution in [0.25, 0.3) is 10.1 Å². The van der Waals surface area contributed by atoms with E-state index in [-0.39, 0.29) is 0 Å². The van der Waals surface area contributed by atoms with Gasteiger partial charge in [0.25, 0.3) is 0 Å². The van der Waals surface area contributed by atoms with Crippen LogP contribution < -0.4 is 0 Å². The van der Waals surface area contributed by atoms with Crippen molar-refractivity contribution in [2.75, 3.05) is 0 Å². The first-order valence-corrected chi connectivity index (χ1v) is 5.58. The van der Waals surface area contributed by atoms with Gasteiger partial charge in [0.15, 0.2) is 0 Å². The van der Waals surface area contributed by atoms with Gasteiger partial charge in [0, 0.05) is 4.70 Å². The molecule has 0 atom stereocenters. The maximum atomic E-state index is 2.30. The van der Waals surface area contributed by atoms with Crippen LogP contribution in [0.15, 0.2) is 17.5 Å². The second-order valence-corrected chi connectivity index (χ2v) is 4.40. The van der Waals surface area contributed by atoms with E-state index in [2.05, 4.69) is 38.3 Å². The Morgan fingerprint density at radius 1 is 1.15 bits per heavy atom. The highest BCUT2D eigenvalue weighted by molar-refractivity contribution is 7.17. The minimum atomic E-state index is 1.14. The molecule has 0 radical (unpaired) electrons. The van der Waals surface area contributed by atoms with Gasteiger partial charge in [-0.1, -0.05) is 19.1 Å². The topological polar surface area (TPSA) is 0 Å². The van der Waals surface area contributed by atoms with Crippen molar-refractivity contribution < 1.29 is 0 Å². The number of benzene rings is 1. The van der Waals surface area contributed by atoms with E-state index in [0.717, 1.165) is 6.42 Å². The minimum Gasteiger partial charge on any atom is -0.143 e. The van der Waals surface area contributed by atoms with E-state index in [1.54, 1.807) is 0 Å². The summed E-state index contributed by atoms with van der Waals surface area (Å²) in [6, 6.07) is 4.44. The lowest BCUT2D eigenvalue weighted by Crippen LogP contribution is -1.81. The molecule has 68 valence electrons. The van der Waals surface area contributed by atoms with Crippen LogP contribution in [0.2, 0.25) is 0 Å². The van der Waals surface area contributed by atoms with Gasteiger partial charge in [-0.15, -0.1) is 11.3 Å². The third kappa shape index (κ3) is 1.28. The smallest absolute Gasteiger partial charge is 0.0377 e. The molecule has 0 nitrogen and oxygen atoms in total. The number of thiophene rings is 1. The molecule has 1 aromatic carbocycles. The predicted octanol–water partition coefficient (Wildman–Crippen LogP) is 4.08. The monoisotopic (exact) mass is 190 g/mol. The SMILES string of the molecule is CCc1csc2c(C)ccc(C)c12. The van der Waals surface area contributed by atoms with Crippen LogP contribution in [0.4, 0.5) is 0 Å². The third-order valence-corrected chi connectivity index (χ3v) is 3.75. The Balaban J connectivity index is 2.87. The zero-order chi connectivity index (χ0) is 9.42. The van der Waals surface area contributed by atoms with E-state index in [4.69, 9.17) is 0 Å². The van der Waals surface area contributed by atoms with Gasteiger partial charge in [-0.2, -0.15) is 0 Å². The molecule has 1 heterocycles. The molecule has 0 aliphatic carbocycles. The lowest BCUT2D eigenvalue weighted by molar-refractivity contribution is 1.17. The first-order valence-electron chi connectivity index (χ1n) is 4.70. The lowest BCUT2D eigenvalue weighted by atomic mass is 10.0. The van der Waals surface area contributed by atoms with Crippen molar-refractivity contribution in [2.24, 2.45) is 0 Å². The molecule has 2 rings (SSSR count). The normalized spacial score (nSPS) is 11.0. The summed E-state index contributed by atoms with van der Waals surface area (Å²) in [7, 11) is 0.